The highest BCUT2D eigenvalue weighted by molar-refractivity contribution is 5.99. The predicted octanol–water partition coefficient (Wildman–Crippen LogP) is 2.92. The van der Waals surface area contributed by atoms with E-state index in [4.69, 9.17) is 14.2 Å². The van der Waals surface area contributed by atoms with E-state index in [0.29, 0.717) is 24.5 Å². The minimum absolute atomic E-state index is 0.0183. The summed E-state index contributed by atoms with van der Waals surface area (Å²) in [6, 6.07) is 7.93. The zero-order valence-corrected chi connectivity index (χ0v) is 17.4. The molecule has 6 nitrogen and oxygen atoms in total. The van der Waals surface area contributed by atoms with Crippen molar-refractivity contribution in [2.45, 2.75) is 39.4 Å². The van der Waals surface area contributed by atoms with E-state index in [1.54, 1.807) is 0 Å². The van der Waals surface area contributed by atoms with Gasteiger partial charge in [0.25, 0.3) is 5.91 Å². The van der Waals surface area contributed by atoms with Crippen molar-refractivity contribution in [3.8, 4) is 5.75 Å². The second-order valence-corrected chi connectivity index (χ2v) is 7.83. The molecule has 2 atom stereocenters. The van der Waals surface area contributed by atoms with Gasteiger partial charge in [0.15, 0.2) is 6.29 Å². The molecule has 0 bridgehead atoms. The summed E-state index contributed by atoms with van der Waals surface area (Å²) in [6.07, 6.45) is -0.989. The lowest BCUT2D eigenvalue weighted by atomic mass is 9.86. The Balaban J connectivity index is 1.81. The van der Waals surface area contributed by atoms with E-state index in [0.717, 1.165) is 16.9 Å². The van der Waals surface area contributed by atoms with Crippen molar-refractivity contribution in [3.63, 3.8) is 0 Å². The highest BCUT2D eigenvalue weighted by Crippen LogP contribution is 2.44. The van der Waals surface area contributed by atoms with Crippen LogP contribution in [0.4, 0.5) is 0 Å². The normalized spacial score (nSPS) is 17.1. The first-order valence-corrected chi connectivity index (χ1v) is 9.44. The molecule has 0 aliphatic heterocycles. The van der Waals surface area contributed by atoms with Gasteiger partial charge in [-0.3, -0.25) is 4.79 Å². The van der Waals surface area contributed by atoms with E-state index in [-0.39, 0.29) is 23.8 Å². The summed E-state index contributed by atoms with van der Waals surface area (Å²) in [5, 5.41) is 12.2. The van der Waals surface area contributed by atoms with E-state index in [1.807, 2.05) is 25.1 Å². The molecule has 0 saturated carbocycles. The monoisotopic (exact) mass is 389 g/mol. The van der Waals surface area contributed by atoms with Gasteiger partial charge in [0.1, 0.15) is 24.7 Å². The van der Waals surface area contributed by atoms with Crippen LogP contribution >= 0.6 is 0 Å². The van der Waals surface area contributed by atoms with Gasteiger partial charge in [-0.1, -0.05) is 52.5 Å². The van der Waals surface area contributed by atoms with Gasteiger partial charge in [0.2, 0.25) is 0 Å². The number of aliphatic hydroxyl groups excluding tert-OH is 1. The van der Waals surface area contributed by atoms with Gasteiger partial charge < -0.3 is 24.6 Å². The largest absolute Gasteiger partial charge is 0.492 e. The number of para-hydroxylation sites is 1. The summed E-state index contributed by atoms with van der Waals surface area (Å²) < 4.78 is 16.1. The molecule has 154 valence electrons. The lowest BCUT2D eigenvalue weighted by molar-refractivity contribution is -0.117. The van der Waals surface area contributed by atoms with Crippen LogP contribution in [0.15, 0.2) is 47.7 Å². The lowest BCUT2D eigenvalue weighted by Gasteiger charge is -2.22. The van der Waals surface area contributed by atoms with Crippen molar-refractivity contribution < 1.29 is 24.1 Å². The number of benzene rings is 1. The maximum Gasteiger partial charge on any atom is 0.251 e. The summed E-state index contributed by atoms with van der Waals surface area (Å²) >= 11 is 0. The third-order valence-electron chi connectivity index (χ3n) is 4.60. The number of rotatable bonds is 10. The van der Waals surface area contributed by atoms with Crippen molar-refractivity contribution in [3.05, 3.63) is 53.3 Å². The second kappa shape index (κ2) is 9.26. The van der Waals surface area contributed by atoms with Gasteiger partial charge in [-0.05, 0) is 17.0 Å². The molecule has 28 heavy (non-hydrogen) atoms. The Morgan fingerprint density at radius 1 is 1.29 bits per heavy atom. The molecule has 2 N–H and O–H groups in total. The molecule has 1 amide bonds. The number of ether oxygens (including phenoxy) is 3. The molecule has 1 aliphatic carbocycles. The molecule has 1 aromatic rings. The molecule has 0 spiro atoms. The number of carbonyl (C=O) groups excluding carboxylic acids is 1. The number of nitrogens with one attached hydrogen (secondary N) is 1. The molecule has 1 aliphatic rings. The van der Waals surface area contributed by atoms with Crippen LogP contribution in [0.2, 0.25) is 0 Å². The van der Waals surface area contributed by atoms with Crippen LogP contribution in [0, 0.1) is 5.92 Å². The molecule has 1 aromatic carbocycles. The molecule has 0 aromatic heterocycles. The number of carbonyl (C=O) groups is 1. The molecule has 2 unspecified atom stereocenters. The minimum atomic E-state index is -0.989. The zero-order chi connectivity index (χ0) is 20.9. The highest BCUT2D eigenvalue weighted by Gasteiger charge is 2.39. The van der Waals surface area contributed by atoms with Gasteiger partial charge >= 0.3 is 0 Å². The van der Waals surface area contributed by atoms with Crippen molar-refractivity contribution in [1.82, 2.24) is 5.32 Å². The van der Waals surface area contributed by atoms with Crippen molar-refractivity contribution in [2.75, 3.05) is 26.9 Å². The number of allylic oxidation sites excluding steroid dienone is 1. The summed E-state index contributed by atoms with van der Waals surface area (Å²) in [5.41, 5.74) is 2.27. The summed E-state index contributed by atoms with van der Waals surface area (Å²) in [7, 11) is 1.40. The molecule has 0 saturated heterocycles. The molecule has 0 fully saturated rings. The van der Waals surface area contributed by atoms with Crippen LogP contribution in [0.5, 0.6) is 5.75 Å². The van der Waals surface area contributed by atoms with E-state index < -0.39 is 6.29 Å². The summed E-state index contributed by atoms with van der Waals surface area (Å²) in [5.74, 6) is 1.28. The summed E-state index contributed by atoms with van der Waals surface area (Å²) in [4.78, 5) is 12.3. The molecule has 2 rings (SSSR count). The van der Waals surface area contributed by atoms with E-state index in [1.165, 1.54) is 7.11 Å². The van der Waals surface area contributed by atoms with Crippen LogP contribution in [-0.4, -0.2) is 44.2 Å². The van der Waals surface area contributed by atoms with E-state index in [2.05, 4.69) is 38.7 Å². The Hall–Kier alpha value is -2.31. The van der Waals surface area contributed by atoms with Crippen LogP contribution < -0.4 is 10.1 Å². The van der Waals surface area contributed by atoms with Gasteiger partial charge in [-0.25, -0.2) is 0 Å². The van der Waals surface area contributed by atoms with Crippen LogP contribution in [-0.2, 0) is 19.7 Å². The first kappa shape index (κ1) is 22.0. The minimum Gasteiger partial charge on any atom is -0.492 e. The van der Waals surface area contributed by atoms with Gasteiger partial charge in [0.05, 0.1) is 6.54 Å². The molecular formula is C22H31NO5. The Morgan fingerprint density at radius 2 is 1.96 bits per heavy atom. The first-order valence-electron chi connectivity index (χ1n) is 9.44. The third-order valence-corrected chi connectivity index (χ3v) is 4.60. The van der Waals surface area contributed by atoms with Crippen LogP contribution in [0.25, 0.3) is 0 Å². The third kappa shape index (κ3) is 5.59. The maximum absolute atomic E-state index is 12.3. The fourth-order valence-electron chi connectivity index (χ4n) is 2.92. The topological polar surface area (TPSA) is 77.0 Å². The summed E-state index contributed by atoms with van der Waals surface area (Å²) in [6.45, 7) is 13.0. The quantitative estimate of drug-likeness (QED) is 0.366. The Morgan fingerprint density at radius 3 is 2.61 bits per heavy atom. The standard InChI is InChI=1S/C22H31NO5/c1-14-19(20(14)28-13-18(24)26-6)15(2)21(25)23-11-12-27-17-10-8-7-9-16(17)22(3,4)5/h7-10,14,18,24H,2,11-13H2,1,3-6H3,(H,23,25). The zero-order valence-electron chi connectivity index (χ0n) is 17.4. The van der Waals surface area contributed by atoms with Gasteiger partial charge in [-0.2, -0.15) is 0 Å². The Labute approximate surface area is 167 Å². The van der Waals surface area contributed by atoms with E-state index >= 15 is 0 Å². The molecule has 6 heteroatoms. The fraction of sp³-hybridized carbons (Fsp3) is 0.500. The maximum atomic E-state index is 12.3. The van der Waals surface area contributed by atoms with E-state index in [9.17, 15) is 9.90 Å². The number of hydrogen-bond donors (Lipinski definition) is 2. The predicted molar refractivity (Wildman–Crippen MR) is 108 cm³/mol. The number of amides is 1. The van der Waals surface area contributed by atoms with Crippen LogP contribution in [0.1, 0.15) is 33.3 Å². The van der Waals surface area contributed by atoms with Crippen molar-refractivity contribution in [2.24, 2.45) is 5.92 Å². The first-order chi connectivity index (χ1) is 13.2. The lowest BCUT2D eigenvalue weighted by Crippen LogP contribution is -2.29. The molecular weight excluding hydrogens is 358 g/mol. The Kier molecular flexibility index (Phi) is 7.27. The Bertz CT molecular complexity index is 748. The van der Waals surface area contributed by atoms with Crippen molar-refractivity contribution in [1.29, 1.82) is 0 Å². The second-order valence-electron chi connectivity index (χ2n) is 7.83. The molecule has 0 heterocycles. The van der Waals surface area contributed by atoms with Gasteiger partial charge in [-0.15, -0.1) is 0 Å². The van der Waals surface area contributed by atoms with Gasteiger partial charge in [0, 0.05) is 24.2 Å². The fourth-order valence-corrected chi connectivity index (χ4v) is 2.92. The van der Waals surface area contributed by atoms with Crippen LogP contribution in [0.3, 0.4) is 0 Å². The van der Waals surface area contributed by atoms with Crippen molar-refractivity contribution >= 4 is 5.91 Å². The highest BCUT2D eigenvalue weighted by atomic mass is 16.6. The number of aliphatic hydroxyl groups is 1. The molecule has 0 radical (unpaired) electrons. The SMILES string of the molecule is C=C(C(=O)NCCOc1ccccc1C(C)(C)C)C1=C(OCC(O)OC)C1C. The average Bonchev–Trinajstić information content (AvgIpc) is 3.31. The number of hydrogen-bond acceptors (Lipinski definition) is 5. The smallest absolute Gasteiger partial charge is 0.251 e. The number of methoxy groups -OCH3 is 1. The average molecular weight is 389 g/mol.